The predicted molar refractivity (Wildman–Crippen MR) is 83.0 cm³/mol. The van der Waals surface area contributed by atoms with E-state index in [0.29, 0.717) is 0 Å². The fourth-order valence-corrected chi connectivity index (χ4v) is 3.34. The maximum absolute atomic E-state index is 6.39. The van der Waals surface area contributed by atoms with Crippen molar-refractivity contribution >= 4 is 6.08 Å². The Morgan fingerprint density at radius 3 is 3.00 bits per heavy atom. The van der Waals surface area contributed by atoms with Crippen molar-refractivity contribution in [2.24, 2.45) is 5.73 Å². The average Bonchev–Trinajstić information content (AvgIpc) is 2.78. The molecule has 1 saturated heterocycles. The highest BCUT2D eigenvalue weighted by atomic mass is 16.5. The molecule has 0 bridgehead atoms. The number of nitrogens with two attached hydrogens (primary N) is 1. The summed E-state index contributed by atoms with van der Waals surface area (Å²) in [4.78, 5) is 2.46. The molecule has 2 aliphatic rings. The van der Waals surface area contributed by atoms with Crippen LogP contribution in [0.2, 0.25) is 0 Å². The summed E-state index contributed by atoms with van der Waals surface area (Å²) < 4.78 is 6.39. The van der Waals surface area contributed by atoms with Crippen molar-refractivity contribution in [3.05, 3.63) is 34.9 Å². The number of ether oxygens (including phenoxy) is 1. The third-order valence-electron chi connectivity index (χ3n) is 4.38. The number of benzene rings is 1. The molecule has 0 saturated carbocycles. The average molecular weight is 272 g/mol. The zero-order chi connectivity index (χ0) is 14.2. The van der Waals surface area contributed by atoms with Gasteiger partial charge in [0.15, 0.2) is 0 Å². The first-order valence-electron chi connectivity index (χ1n) is 7.54. The van der Waals surface area contributed by atoms with Gasteiger partial charge >= 0.3 is 0 Å². The fourth-order valence-electron chi connectivity index (χ4n) is 3.34. The van der Waals surface area contributed by atoms with E-state index in [1.807, 2.05) is 0 Å². The summed E-state index contributed by atoms with van der Waals surface area (Å²) in [6.07, 6.45) is 6.65. The molecule has 2 heterocycles. The topological polar surface area (TPSA) is 38.5 Å². The van der Waals surface area contributed by atoms with Crippen molar-refractivity contribution in [2.45, 2.75) is 32.3 Å². The minimum absolute atomic E-state index is 0.123. The smallest absolute Gasteiger partial charge is 0.141 e. The molecule has 1 spiro atoms. The molecule has 0 aromatic heterocycles. The molecule has 0 radical (unpaired) electrons. The maximum Gasteiger partial charge on any atom is 0.141 e. The number of rotatable bonds is 3. The number of fused-ring (bicyclic) bond motifs is 1. The van der Waals surface area contributed by atoms with E-state index in [-0.39, 0.29) is 5.60 Å². The Hall–Kier alpha value is -1.32. The number of likely N-dealkylation sites (tertiary alicyclic amines) is 1. The van der Waals surface area contributed by atoms with Gasteiger partial charge in [0.25, 0.3) is 0 Å². The summed E-state index contributed by atoms with van der Waals surface area (Å²) in [7, 11) is 0. The lowest BCUT2D eigenvalue weighted by Gasteiger charge is -2.32. The molecule has 1 aromatic carbocycles. The molecular formula is C17H24N2O. The molecule has 1 unspecified atom stereocenters. The van der Waals surface area contributed by atoms with E-state index in [0.717, 1.165) is 44.8 Å². The lowest BCUT2D eigenvalue weighted by Crippen LogP contribution is -2.39. The van der Waals surface area contributed by atoms with Crippen LogP contribution < -0.4 is 10.5 Å². The highest BCUT2D eigenvalue weighted by molar-refractivity contribution is 5.65. The SMILES string of the molecule is Cc1cc(C)c2c(c1)OC1(C=C2)CCN(CCCN)C1. The van der Waals surface area contributed by atoms with Crippen molar-refractivity contribution in [2.75, 3.05) is 26.2 Å². The molecule has 1 fully saturated rings. The van der Waals surface area contributed by atoms with Crippen LogP contribution in [-0.4, -0.2) is 36.7 Å². The van der Waals surface area contributed by atoms with Crippen LogP contribution in [-0.2, 0) is 0 Å². The summed E-state index contributed by atoms with van der Waals surface area (Å²) in [5.74, 6) is 1.05. The molecule has 1 aromatic rings. The van der Waals surface area contributed by atoms with Crippen molar-refractivity contribution in [3.63, 3.8) is 0 Å². The molecular weight excluding hydrogens is 248 g/mol. The van der Waals surface area contributed by atoms with Gasteiger partial charge < -0.3 is 10.5 Å². The van der Waals surface area contributed by atoms with Gasteiger partial charge in [-0.15, -0.1) is 0 Å². The largest absolute Gasteiger partial charge is 0.481 e. The minimum Gasteiger partial charge on any atom is -0.481 e. The van der Waals surface area contributed by atoms with Crippen LogP contribution in [0.1, 0.15) is 29.5 Å². The van der Waals surface area contributed by atoms with Crippen LogP contribution >= 0.6 is 0 Å². The van der Waals surface area contributed by atoms with Crippen molar-refractivity contribution in [1.29, 1.82) is 0 Å². The van der Waals surface area contributed by atoms with Crippen molar-refractivity contribution in [3.8, 4) is 5.75 Å². The Balaban J connectivity index is 1.80. The third-order valence-corrected chi connectivity index (χ3v) is 4.38. The molecule has 3 rings (SSSR count). The molecule has 2 aliphatic heterocycles. The molecule has 0 aliphatic carbocycles. The highest BCUT2D eigenvalue weighted by Gasteiger charge is 2.39. The van der Waals surface area contributed by atoms with Gasteiger partial charge in [-0.25, -0.2) is 0 Å². The Kier molecular flexibility index (Phi) is 3.57. The van der Waals surface area contributed by atoms with E-state index < -0.39 is 0 Å². The zero-order valence-electron chi connectivity index (χ0n) is 12.5. The van der Waals surface area contributed by atoms with Gasteiger partial charge in [-0.3, -0.25) is 4.90 Å². The van der Waals surface area contributed by atoms with E-state index in [4.69, 9.17) is 10.5 Å². The Morgan fingerprint density at radius 2 is 2.20 bits per heavy atom. The second-order valence-corrected chi connectivity index (χ2v) is 6.16. The van der Waals surface area contributed by atoms with Gasteiger partial charge in [-0.1, -0.05) is 12.1 Å². The van der Waals surface area contributed by atoms with Crippen LogP contribution in [0, 0.1) is 13.8 Å². The summed E-state index contributed by atoms with van der Waals surface area (Å²) in [6.45, 7) is 8.21. The van der Waals surface area contributed by atoms with E-state index in [1.54, 1.807) is 0 Å². The third kappa shape index (κ3) is 2.48. The van der Waals surface area contributed by atoms with Crippen molar-refractivity contribution < 1.29 is 4.74 Å². The van der Waals surface area contributed by atoms with Crippen LogP contribution in [0.3, 0.4) is 0 Å². The van der Waals surface area contributed by atoms with Gasteiger partial charge in [0.2, 0.25) is 0 Å². The molecule has 0 amide bonds. The fraction of sp³-hybridized carbons (Fsp3) is 0.529. The summed E-state index contributed by atoms with van der Waals surface area (Å²) in [6, 6.07) is 4.38. The Labute approximate surface area is 121 Å². The second kappa shape index (κ2) is 5.23. The molecule has 3 nitrogen and oxygen atoms in total. The van der Waals surface area contributed by atoms with E-state index in [1.165, 1.54) is 16.7 Å². The standard InChI is InChI=1S/C17H24N2O/c1-13-10-14(2)15-4-5-17(20-16(15)11-13)6-9-19(12-17)8-3-7-18/h4-5,10-11H,3,6-9,12,18H2,1-2H3. The number of hydrogen-bond acceptors (Lipinski definition) is 3. The van der Waals surface area contributed by atoms with E-state index in [2.05, 4.69) is 43.0 Å². The molecule has 108 valence electrons. The lowest BCUT2D eigenvalue weighted by atomic mass is 9.94. The summed E-state index contributed by atoms with van der Waals surface area (Å²) in [5.41, 5.74) is 9.28. The van der Waals surface area contributed by atoms with Gasteiger partial charge in [0.1, 0.15) is 11.4 Å². The Bertz CT molecular complexity index is 538. The monoisotopic (exact) mass is 272 g/mol. The van der Waals surface area contributed by atoms with Gasteiger partial charge in [0.05, 0.1) is 0 Å². The molecule has 1 atom stereocenters. The Morgan fingerprint density at radius 1 is 1.35 bits per heavy atom. The van der Waals surface area contributed by atoms with Crippen molar-refractivity contribution in [1.82, 2.24) is 4.90 Å². The predicted octanol–water partition coefficient (Wildman–Crippen LogP) is 2.50. The van der Waals surface area contributed by atoms with Gasteiger partial charge in [-0.05, 0) is 56.6 Å². The van der Waals surface area contributed by atoms with E-state index >= 15 is 0 Å². The first-order chi connectivity index (χ1) is 9.62. The summed E-state index contributed by atoms with van der Waals surface area (Å²) >= 11 is 0. The molecule has 3 heteroatoms. The first-order valence-corrected chi connectivity index (χ1v) is 7.54. The molecule has 2 N–H and O–H groups in total. The maximum atomic E-state index is 6.39. The quantitative estimate of drug-likeness (QED) is 0.919. The summed E-state index contributed by atoms with van der Waals surface area (Å²) in [5, 5.41) is 0. The number of nitrogens with zero attached hydrogens (tertiary/aromatic N) is 1. The number of hydrogen-bond donors (Lipinski definition) is 1. The molecule has 20 heavy (non-hydrogen) atoms. The van der Waals surface area contributed by atoms with Gasteiger partial charge in [-0.2, -0.15) is 0 Å². The van der Waals surface area contributed by atoms with Crippen LogP contribution in [0.25, 0.3) is 6.08 Å². The normalized spacial score (nSPS) is 24.9. The number of aryl methyl sites for hydroxylation is 2. The highest BCUT2D eigenvalue weighted by Crippen LogP contribution is 2.38. The van der Waals surface area contributed by atoms with E-state index in [9.17, 15) is 0 Å². The lowest BCUT2D eigenvalue weighted by molar-refractivity contribution is 0.123. The second-order valence-electron chi connectivity index (χ2n) is 6.16. The van der Waals surface area contributed by atoms with Crippen LogP contribution in [0.15, 0.2) is 18.2 Å². The zero-order valence-corrected chi connectivity index (χ0v) is 12.5. The minimum atomic E-state index is -0.123. The van der Waals surface area contributed by atoms with Crippen LogP contribution in [0.5, 0.6) is 5.75 Å². The van der Waals surface area contributed by atoms with Gasteiger partial charge in [0, 0.05) is 25.1 Å². The first kappa shape index (κ1) is 13.7. The van der Waals surface area contributed by atoms with Crippen LogP contribution in [0.4, 0.5) is 0 Å².